The number of benzene rings is 2. The summed E-state index contributed by atoms with van der Waals surface area (Å²) in [7, 11) is 0. The Labute approximate surface area is 121 Å². The third kappa shape index (κ3) is 3.03. The summed E-state index contributed by atoms with van der Waals surface area (Å²) in [5.74, 6) is 0. The molecule has 0 N–H and O–H groups in total. The van der Waals surface area contributed by atoms with Crippen LogP contribution in [-0.2, 0) is 6.42 Å². The van der Waals surface area contributed by atoms with Crippen LogP contribution in [0.3, 0.4) is 0 Å². The van der Waals surface area contributed by atoms with Crippen LogP contribution >= 0.6 is 22.9 Å². The molecular weight excluding hydrogens is 274 g/mol. The highest BCUT2D eigenvalue weighted by molar-refractivity contribution is 7.10. The molecule has 94 valence electrons. The van der Waals surface area contributed by atoms with Crippen LogP contribution < -0.4 is 0 Å². The van der Waals surface area contributed by atoms with E-state index in [1.807, 2.05) is 30.3 Å². The Kier molecular flexibility index (Phi) is 3.62. The Morgan fingerprint density at radius 1 is 0.947 bits per heavy atom. The molecule has 0 spiro atoms. The highest BCUT2D eigenvalue weighted by Gasteiger charge is 2.05. The second kappa shape index (κ2) is 5.55. The minimum Gasteiger partial charge on any atom is -0.241 e. The molecule has 19 heavy (non-hydrogen) atoms. The summed E-state index contributed by atoms with van der Waals surface area (Å²) in [4.78, 5) is 4.68. The summed E-state index contributed by atoms with van der Waals surface area (Å²) in [6.45, 7) is 0. The number of nitrogens with zero attached hydrogens (tertiary/aromatic N) is 1. The third-order valence-electron chi connectivity index (χ3n) is 2.89. The van der Waals surface area contributed by atoms with E-state index < -0.39 is 0 Å². The summed E-state index contributed by atoms with van der Waals surface area (Å²) in [5.41, 5.74) is 3.42. The SMILES string of the molecule is Clc1ccc(-c2csc(Cc3ccccc3)n2)cc1. The predicted molar refractivity (Wildman–Crippen MR) is 81.8 cm³/mol. The first kappa shape index (κ1) is 12.4. The van der Waals surface area contributed by atoms with Gasteiger partial charge in [-0.05, 0) is 17.7 Å². The maximum absolute atomic E-state index is 5.89. The summed E-state index contributed by atoms with van der Waals surface area (Å²) in [6, 6.07) is 18.2. The first-order valence-corrected chi connectivity index (χ1v) is 7.31. The number of aromatic nitrogens is 1. The number of thiazole rings is 1. The molecule has 0 bridgehead atoms. The fraction of sp³-hybridized carbons (Fsp3) is 0.0625. The summed E-state index contributed by atoms with van der Waals surface area (Å²) < 4.78 is 0. The lowest BCUT2D eigenvalue weighted by molar-refractivity contribution is 1.14. The molecule has 0 aliphatic rings. The minimum atomic E-state index is 0.753. The van der Waals surface area contributed by atoms with Crippen molar-refractivity contribution in [3.05, 3.63) is 75.6 Å². The predicted octanol–water partition coefficient (Wildman–Crippen LogP) is 5.05. The first-order valence-electron chi connectivity index (χ1n) is 6.05. The highest BCUT2D eigenvalue weighted by atomic mass is 35.5. The van der Waals surface area contributed by atoms with Gasteiger partial charge >= 0.3 is 0 Å². The zero-order valence-electron chi connectivity index (χ0n) is 10.2. The molecule has 0 saturated carbocycles. The number of hydrogen-bond acceptors (Lipinski definition) is 2. The normalized spacial score (nSPS) is 10.6. The maximum atomic E-state index is 5.89. The molecule has 3 heteroatoms. The van der Waals surface area contributed by atoms with Gasteiger partial charge in [-0.1, -0.05) is 54.1 Å². The van der Waals surface area contributed by atoms with Gasteiger partial charge in [0, 0.05) is 22.4 Å². The lowest BCUT2D eigenvalue weighted by Crippen LogP contribution is -1.86. The minimum absolute atomic E-state index is 0.753. The summed E-state index contributed by atoms with van der Waals surface area (Å²) >= 11 is 7.59. The topological polar surface area (TPSA) is 12.9 Å². The molecule has 0 saturated heterocycles. The molecule has 0 fully saturated rings. The van der Waals surface area contributed by atoms with E-state index in [1.54, 1.807) is 11.3 Å². The number of hydrogen-bond donors (Lipinski definition) is 0. The summed E-state index contributed by atoms with van der Waals surface area (Å²) in [6.07, 6.45) is 0.888. The molecule has 0 aliphatic carbocycles. The average molecular weight is 286 g/mol. The van der Waals surface area contributed by atoms with Crippen molar-refractivity contribution in [2.75, 3.05) is 0 Å². The molecule has 2 aromatic carbocycles. The lowest BCUT2D eigenvalue weighted by atomic mass is 10.1. The molecule has 1 heterocycles. The quantitative estimate of drug-likeness (QED) is 0.656. The molecule has 0 amide bonds. The zero-order chi connectivity index (χ0) is 13.1. The molecule has 0 aliphatic heterocycles. The summed E-state index contributed by atoms with van der Waals surface area (Å²) in [5, 5.41) is 3.99. The van der Waals surface area contributed by atoms with Gasteiger partial charge in [0.25, 0.3) is 0 Å². The fourth-order valence-corrected chi connectivity index (χ4v) is 2.88. The van der Waals surface area contributed by atoms with Gasteiger partial charge in [-0.25, -0.2) is 4.98 Å². The fourth-order valence-electron chi connectivity index (χ4n) is 1.92. The van der Waals surface area contributed by atoms with Crippen molar-refractivity contribution >= 4 is 22.9 Å². The van der Waals surface area contributed by atoms with E-state index in [1.165, 1.54) is 5.56 Å². The van der Waals surface area contributed by atoms with E-state index in [4.69, 9.17) is 11.6 Å². The van der Waals surface area contributed by atoms with Crippen LogP contribution in [0.4, 0.5) is 0 Å². The van der Waals surface area contributed by atoms with E-state index in [9.17, 15) is 0 Å². The number of rotatable bonds is 3. The Morgan fingerprint density at radius 2 is 1.68 bits per heavy atom. The van der Waals surface area contributed by atoms with E-state index >= 15 is 0 Å². The van der Waals surface area contributed by atoms with Gasteiger partial charge in [-0.2, -0.15) is 0 Å². The Balaban J connectivity index is 1.82. The molecule has 0 atom stereocenters. The standard InChI is InChI=1S/C16H12ClNS/c17-14-8-6-13(7-9-14)15-11-19-16(18-15)10-12-4-2-1-3-5-12/h1-9,11H,10H2. The average Bonchev–Trinajstić information content (AvgIpc) is 2.89. The lowest BCUT2D eigenvalue weighted by Gasteiger charge is -1.97. The van der Waals surface area contributed by atoms with E-state index in [-0.39, 0.29) is 0 Å². The van der Waals surface area contributed by atoms with Crippen LogP contribution in [-0.4, -0.2) is 4.98 Å². The maximum Gasteiger partial charge on any atom is 0.0976 e. The number of halogens is 1. The van der Waals surface area contributed by atoms with Gasteiger partial charge in [0.2, 0.25) is 0 Å². The van der Waals surface area contributed by atoms with Crippen LogP contribution in [0.1, 0.15) is 10.6 Å². The molecule has 0 unspecified atom stereocenters. The van der Waals surface area contributed by atoms with Crippen molar-refractivity contribution in [3.63, 3.8) is 0 Å². The second-order valence-electron chi connectivity index (χ2n) is 4.30. The smallest absolute Gasteiger partial charge is 0.0976 e. The van der Waals surface area contributed by atoms with Gasteiger partial charge in [0.1, 0.15) is 0 Å². The van der Waals surface area contributed by atoms with Crippen molar-refractivity contribution in [1.82, 2.24) is 4.98 Å². The molecule has 0 radical (unpaired) electrons. The van der Waals surface area contributed by atoms with Crippen molar-refractivity contribution < 1.29 is 0 Å². The third-order valence-corrected chi connectivity index (χ3v) is 3.99. The zero-order valence-corrected chi connectivity index (χ0v) is 11.8. The van der Waals surface area contributed by atoms with Gasteiger partial charge < -0.3 is 0 Å². The molecule has 1 aromatic heterocycles. The van der Waals surface area contributed by atoms with E-state index in [2.05, 4.69) is 34.6 Å². The van der Waals surface area contributed by atoms with Crippen LogP contribution in [0, 0.1) is 0 Å². The van der Waals surface area contributed by atoms with Crippen molar-refractivity contribution in [1.29, 1.82) is 0 Å². The van der Waals surface area contributed by atoms with Gasteiger partial charge in [-0.3, -0.25) is 0 Å². The Bertz CT molecular complexity index is 659. The molecule has 3 rings (SSSR count). The molecule has 1 nitrogen and oxygen atoms in total. The van der Waals surface area contributed by atoms with Crippen LogP contribution in [0.15, 0.2) is 60.0 Å². The van der Waals surface area contributed by atoms with Gasteiger partial charge in [0.05, 0.1) is 10.7 Å². The largest absolute Gasteiger partial charge is 0.241 e. The van der Waals surface area contributed by atoms with Crippen molar-refractivity contribution in [2.45, 2.75) is 6.42 Å². The Morgan fingerprint density at radius 3 is 2.42 bits per heavy atom. The van der Waals surface area contributed by atoms with Crippen LogP contribution in [0.2, 0.25) is 5.02 Å². The molecular formula is C16H12ClNS. The Hall–Kier alpha value is -1.64. The van der Waals surface area contributed by atoms with Gasteiger partial charge in [0.15, 0.2) is 0 Å². The highest BCUT2D eigenvalue weighted by Crippen LogP contribution is 2.24. The second-order valence-corrected chi connectivity index (χ2v) is 5.67. The van der Waals surface area contributed by atoms with Gasteiger partial charge in [-0.15, -0.1) is 11.3 Å². The van der Waals surface area contributed by atoms with Crippen molar-refractivity contribution in [2.24, 2.45) is 0 Å². The van der Waals surface area contributed by atoms with Crippen LogP contribution in [0.5, 0.6) is 0 Å². The van der Waals surface area contributed by atoms with Crippen LogP contribution in [0.25, 0.3) is 11.3 Å². The monoisotopic (exact) mass is 285 g/mol. The first-order chi connectivity index (χ1) is 9.31. The molecule has 3 aromatic rings. The van der Waals surface area contributed by atoms with E-state index in [0.717, 1.165) is 27.7 Å². The van der Waals surface area contributed by atoms with E-state index in [0.29, 0.717) is 0 Å². The van der Waals surface area contributed by atoms with Crippen molar-refractivity contribution in [3.8, 4) is 11.3 Å².